The number of likely N-dealkylation sites (tertiary alicyclic amines) is 1. The lowest BCUT2D eigenvalue weighted by atomic mass is 10.1. The molecule has 21 heavy (non-hydrogen) atoms. The molecule has 1 aliphatic heterocycles. The molecule has 1 fully saturated rings. The minimum Gasteiger partial charge on any atom is -0.462 e. The molecule has 1 aromatic rings. The van der Waals surface area contributed by atoms with E-state index < -0.39 is 5.97 Å². The van der Waals surface area contributed by atoms with Crippen molar-refractivity contribution in [3.05, 3.63) is 23.0 Å². The quantitative estimate of drug-likeness (QED) is 0.869. The Morgan fingerprint density at radius 3 is 2.57 bits per heavy atom. The lowest BCUT2D eigenvalue weighted by Gasteiger charge is -2.18. The Labute approximate surface area is 124 Å². The van der Waals surface area contributed by atoms with Gasteiger partial charge in [0.1, 0.15) is 0 Å². The van der Waals surface area contributed by atoms with Gasteiger partial charge < -0.3 is 15.0 Å². The fraction of sp³-hybridized carbons (Fsp3) is 0.533. The number of aromatic nitrogens is 1. The van der Waals surface area contributed by atoms with Gasteiger partial charge >= 0.3 is 12.0 Å². The van der Waals surface area contributed by atoms with E-state index in [0.717, 1.165) is 25.9 Å². The predicted octanol–water partition coefficient (Wildman–Crippen LogP) is 2.50. The first-order valence-corrected chi connectivity index (χ1v) is 7.24. The molecule has 6 nitrogen and oxygen atoms in total. The molecule has 0 radical (unpaired) electrons. The molecule has 2 rings (SSSR count). The number of carbonyl (C=O) groups is 2. The van der Waals surface area contributed by atoms with Crippen molar-refractivity contribution in [1.82, 2.24) is 9.88 Å². The first kappa shape index (κ1) is 15.3. The summed E-state index contributed by atoms with van der Waals surface area (Å²) in [7, 11) is 0. The van der Waals surface area contributed by atoms with Crippen LogP contribution in [0.15, 0.2) is 6.07 Å². The van der Waals surface area contributed by atoms with Crippen molar-refractivity contribution in [2.24, 2.45) is 0 Å². The number of urea groups is 1. The maximum atomic E-state index is 12.1. The average molecular weight is 291 g/mol. The van der Waals surface area contributed by atoms with Crippen LogP contribution in [0.25, 0.3) is 0 Å². The zero-order chi connectivity index (χ0) is 15.4. The van der Waals surface area contributed by atoms with E-state index in [1.54, 1.807) is 24.8 Å². The number of ether oxygens (including phenoxy) is 1. The molecule has 1 saturated heterocycles. The summed E-state index contributed by atoms with van der Waals surface area (Å²) in [4.78, 5) is 30.1. The maximum absolute atomic E-state index is 12.1. The number of nitrogens with zero attached hydrogens (tertiary/aromatic N) is 2. The number of carbonyl (C=O) groups excluding carboxylic acids is 2. The van der Waals surface area contributed by atoms with Gasteiger partial charge in [0.15, 0.2) is 0 Å². The zero-order valence-corrected chi connectivity index (χ0v) is 12.7. The minimum atomic E-state index is -0.417. The lowest BCUT2D eigenvalue weighted by Crippen LogP contribution is -2.32. The van der Waals surface area contributed by atoms with Crippen molar-refractivity contribution in [3.8, 4) is 0 Å². The van der Waals surface area contributed by atoms with Gasteiger partial charge in [0, 0.05) is 13.1 Å². The van der Waals surface area contributed by atoms with Gasteiger partial charge in [-0.2, -0.15) is 0 Å². The van der Waals surface area contributed by atoms with Gasteiger partial charge in [-0.3, -0.25) is 4.98 Å². The number of aryl methyl sites for hydroxylation is 2. The molecular weight excluding hydrogens is 270 g/mol. The molecule has 1 aromatic heterocycles. The van der Waals surface area contributed by atoms with Gasteiger partial charge in [0.05, 0.1) is 29.2 Å². The molecule has 0 unspecified atom stereocenters. The standard InChI is InChI=1S/C15H21N3O3/c1-4-21-14(19)12-9-13(11(3)16-10(12)2)17-15(20)18-7-5-6-8-18/h9H,4-8H2,1-3H3,(H,17,20). The van der Waals surface area contributed by atoms with Crippen molar-refractivity contribution in [1.29, 1.82) is 0 Å². The van der Waals surface area contributed by atoms with Crippen molar-refractivity contribution in [3.63, 3.8) is 0 Å². The predicted molar refractivity (Wildman–Crippen MR) is 79.5 cm³/mol. The summed E-state index contributed by atoms with van der Waals surface area (Å²) >= 11 is 0. The van der Waals surface area contributed by atoms with E-state index in [9.17, 15) is 9.59 Å². The number of rotatable bonds is 3. The normalized spacial score (nSPS) is 14.1. The van der Waals surface area contributed by atoms with Crippen LogP contribution >= 0.6 is 0 Å². The van der Waals surface area contributed by atoms with E-state index in [-0.39, 0.29) is 6.03 Å². The van der Waals surface area contributed by atoms with Crippen LogP contribution in [0.4, 0.5) is 10.5 Å². The van der Waals surface area contributed by atoms with Crippen molar-refractivity contribution in [2.45, 2.75) is 33.6 Å². The fourth-order valence-electron chi connectivity index (χ4n) is 2.38. The van der Waals surface area contributed by atoms with Gasteiger partial charge in [-0.1, -0.05) is 0 Å². The molecule has 0 saturated carbocycles. The number of nitrogens with one attached hydrogen (secondary N) is 1. The van der Waals surface area contributed by atoms with Gasteiger partial charge in [0.25, 0.3) is 0 Å². The summed E-state index contributed by atoms with van der Waals surface area (Å²) in [6.45, 7) is 7.17. The Morgan fingerprint density at radius 1 is 1.29 bits per heavy atom. The summed E-state index contributed by atoms with van der Waals surface area (Å²) in [5.74, 6) is -0.417. The van der Waals surface area contributed by atoms with Crippen LogP contribution in [-0.2, 0) is 4.74 Å². The van der Waals surface area contributed by atoms with Crippen LogP contribution < -0.4 is 5.32 Å². The second-order valence-corrected chi connectivity index (χ2v) is 5.10. The Balaban J connectivity index is 2.20. The molecule has 0 aliphatic carbocycles. The van der Waals surface area contributed by atoms with Crippen molar-refractivity contribution in [2.75, 3.05) is 25.0 Å². The molecule has 114 valence electrons. The van der Waals surface area contributed by atoms with Crippen molar-refractivity contribution >= 4 is 17.7 Å². The summed E-state index contributed by atoms with van der Waals surface area (Å²) in [5.41, 5.74) is 2.23. The SMILES string of the molecule is CCOC(=O)c1cc(NC(=O)N2CCCC2)c(C)nc1C. The van der Waals surface area contributed by atoms with E-state index in [4.69, 9.17) is 4.74 Å². The Morgan fingerprint density at radius 2 is 1.95 bits per heavy atom. The number of amides is 2. The molecule has 0 spiro atoms. The fourth-order valence-corrected chi connectivity index (χ4v) is 2.38. The van der Waals surface area contributed by atoms with Crippen LogP contribution in [0.1, 0.15) is 41.5 Å². The highest BCUT2D eigenvalue weighted by Gasteiger charge is 2.20. The number of pyridine rings is 1. The van der Waals surface area contributed by atoms with Gasteiger partial charge in [0.2, 0.25) is 0 Å². The average Bonchev–Trinajstić information content (AvgIpc) is 2.96. The lowest BCUT2D eigenvalue weighted by molar-refractivity contribution is 0.0525. The van der Waals surface area contributed by atoms with Gasteiger partial charge in [-0.15, -0.1) is 0 Å². The topological polar surface area (TPSA) is 71.5 Å². The second kappa shape index (κ2) is 6.56. The van der Waals surface area contributed by atoms with E-state index in [0.29, 0.717) is 29.2 Å². The molecule has 0 aromatic carbocycles. The second-order valence-electron chi connectivity index (χ2n) is 5.10. The zero-order valence-electron chi connectivity index (χ0n) is 12.7. The number of anilines is 1. The smallest absolute Gasteiger partial charge is 0.340 e. The Hall–Kier alpha value is -2.11. The molecular formula is C15H21N3O3. The largest absolute Gasteiger partial charge is 0.462 e. The van der Waals surface area contributed by atoms with Crippen LogP contribution in [0.5, 0.6) is 0 Å². The van der Waals surface area contributed by atoms with Crippen LogP contribution in [-0.4, -0.2) is 41.6 Å². The first-order valence-electron chi connectivity index (χ1n) is 7.24. The summed E-state index contributed by atoms with van der Waals surface area (Å²) in [6, 6.07) is 1.50. The van der Waals surface area contributed by atoms with Crippen LogP contribution in [0.2, 0.25) is 0 Å². The van der Waals surface area contributed by atoms with Crippen LogP contribution in [0.3, 0.4) is 0 Å². The molecule has 2 amide bonds. The third kappa shape index (κ3) is 3.51. The van der Waals surface area contributed by atoms with Gasteiger partial charge in [-0.25, -0.2) is 9.59 Å². The third-order valence-corrected chi connectivity index (χ3v) is 3.53. The monoisotopic (exact) mass is 291 g/mol. The van der Waals surface area contributed by atoms with Crippen LogP contribution in [0, 0.1) is 13.8 Å². The van der Waals surface area contributed by atoms with E-state index in [2.05, 4.69) is 10.3 Å². The van der Waals surface area contributed by atoms with Crippen molar-refractivity contribution < 1.29 is 14.3 Å². The molecule has 0 atom stereocenters. The highest BCUT2D eigenvalue weighted by molar-refractivity contribution is 5.95. The number of hydrogen-bond donors (Lipinski definition) is 1. The number of hydrogen-bond acceptors (Lipinski definition) is 4. The van der Waals surface area contributed by atoms with Gasteiger partial charge in [-0.05, 0) is 39.7 Å². The Bertz CT molecular complexity index is 551. The highest BCUT2D eigenvalue weighted by atomic mass is 16.5. The van der Waals surface area contributed by atoms with E-state index in [1.807, 2.05) is 6.92 Å². The van der Waals surface area contributed by atoms with E-state index >= 15 is 0 Å². The molecule has 1 aliphatic rings. The van der Waals surface area contributed by atoms with E-state index in [1.165, 1.54) is 0 Å². The molecule has 0 bridgehead atoms. The molecule has 2 heterocycles. The number of esters is 1. The summed E-state index contributed by atoms with van der Waals surface area (Å²) in [5, 5.41) is 2.83. The molecule has 1 N–H and O–H groups in total. The highest BCUT2D eigenvalue weighted by Crippen LogP contribution is 2.20. The molecule has 6 heteroatoms. The maximum Gasteiger partial charge on any atom is 0.340 e. The first-order chi connectivity index (χ1) is 10.0. The summed E-state index contributed by atoms with van der Waals surface area (Å²) < 4.78 is 5.01. The minimum absolute atomic E-state index is 0.143. The summed E-state index contributed by atoms with van der Waals surface area (Å²) in [6.07, 6.45) is 2.07. The third-order valence-electron chi connectivity index (χ3n) is 3.53. The Kier molecular flexibility index (Phi) is 4.77.